The Morgan fingerprint density at radius 3 is 3.06 bits per heavy atom. The van der Waals surface area contributed by atoms with Crippen LogP contribution in [0.25, 0.3) is 0 Å². The van der Waals surface area contributed by atoms with Crippen molar-refractivity contribution < 1.29 is 0 Å². The van der Waals surface area contributed by atoms with E-state index in [-0.39, 0.29) is 0 Å². The van der Waals surface area contributed by atoms with Crippen LogP contribution in [0.2, 0.25) is 0 Å². The van der Waals surface area contributed by atoms with Gasteiger partial charge in [-0.15, -0.1) is 0 Å². The van der Waals surface area contributed by atoms with Crippen LogP contribution >= 0.6 is 0 Å². The van der Waals surface area contributed by atoms with E-state index in [1.165, 1.54) is 25.1 Å². The van der Waals surface area contributed by atoms with Crippen molar-refractivity contribution in [1.29, 1.82) is 0 Å². The Hall–Kier alpha value is -0.930. The number of pyridine rings is 1. The number of piperidine rings is 1. The summed E-state index contributed by atoms with van der Waals surface area (Å²) in [5, 5.41) is 0. The Labute approximate surface area is 104 Å². The van der Waals surface area contributed by atoms with Gasteiger partial charge < -0.3 is 5.73 Å². The summed E-state index contributed by atoms with van der Waals surface area (Å²) in [6.07, 6.45) is 5.53. The lowest BCUT2D eigenvalue weighted by Gasteiger charge is -2.39. The molecule has 1 fully saturated rings. The maximum Gasteiger partial charge on any atom is 0.0416 e. The minimum absolute atomic E-state index is 0.562. The van der Waals surface area contributed by atoms with E-state index in [9.17, 15) is 0 Å². The monoisotopic (exact) mass is 233 g/mol. The molecule has 0 radical (unpaired) electrons. The largest absolute Gasteiger partial charge is 0.329 e. The Morgan fingerprint density at radius 2 is 2.35 bits per heavy atom. The van der Waals surface area contributed by atoms with Gasteiger partial charge in [0, 0.05) is 37.4 Å². The van der Waals surface area contributed by atoms with Gasteiger partial charge in [-0.2, -0.15) is 0 Å². The summed E-state index contributed by atoms with van der Waals surface area (Å²) in [7, 11) is 0. The summed E-state index contributed by atoms with van der Waals surface area (Å²) in [5.74, 6) is 0.734. The Kier molecular flexibility index (Phi) is 4.51. The summed E-state index contributed by atoms with van der Waals surface area (Å²) in [5.41, 5.74) is 7.08. The SMILES string of the molecule is CC1CCCN(CCc2ccccn2)C1CN. The van der Waals surface area contributed by atoms with Crippen molar-refractivity contribution in [2.24, 2.45) is 11.7 Å². The van der Waals surface area contributed by atoms with Crippen LogP contribution in [-0.4, -0.2) is 35.6 Å². The number of aromatic nitrogens is 1. The van der Waals surface area contributed by atoms with Gasteiger partial charge in [0.2, 0.25) is 0 Å². The summed E-state index contributed by atoms with van der Waals surface area (Å²) >= 11 is 0. The molecular weight excluding hydrogens is 210 g/mol. The third-order valence-electron chi connectivity index (χ3n) is 3.85. The average molecular weight is 233 g/mol. The van der Waals surface area contributed by atoms with Gasteiger partial charge in [-0.25, -0.2) is 0 Å². The van der Waals surface area contributed by atoms with Gasteiger partial charge in [0.1, 0.15) is 0 Å². The van der Waals surface area contributed by atoms with Gasteiger partial charge in [-0.1, -0.05) is 13.0 Å². The van der Waals surface area contributed by atoms with Crippen molar-refractivity contribution in [2.75, 3.05) is 19.6 Å². The molecule has 1 saturated heterocycles. The lowest BCUT2D eigenvalue weighted by atomic mass is 9.90. The number of nitrogens with two attached hydrogens (primary N) is 1. The molecule has 0 spiro atoms. The Balaban J connectivity index is 1.89. The summed E-state index contributed by atoms with van der Waals surface area (Å²) < 4.78 is 0. The first-order valence-electron chi connectivity index (χ1n) is 6.65. The fraction of sp³-hybridized carbons (Fsp3) is 0.643. The maximum absolute atomic E-state index is 5.90. The quantitative estimate of drug-likeness (QED) is 0.860. The molecule has 3 heteroatoms. The molecule has 2 heterocycles. The molecule has 0 aliphatic carbocycles. The molecule has 2 N–H and O–H groups in total. The van der Waals surface area contributed by atoms with Gasteiger partial charge in [-0.3, -0.25) is 9.88 Å². The molecule has 2 unspecified atom stereocenters. The third-order valence-corrected chi connectivity index (χ3v) is 3.85. The zero-order valence-electron chi connectivity index (χ0n) is 10.7. The molecule has 0 amide bonds. The van der Waals surface area contributed by atoms with Crippen LogP contribution in [-0.2, 0) is 6.42 Å². The topological polar surface area (TPSA) is 42.2 Å². The fourth-order valence-corrected chi connectivity index (χ4v) is 2.80. The number of hydrogen-bond acceptors (Lipinski definition) is 3. The van der Waals surface area contributed by atoms with E-state index in [0.717, 1.165) is 25.4 Å². The lowest BCUT2D eigenvalue weighted by molar-refractivity contribution is 0.107. The fourth-order valence-electron chi connectivity index (χ4n) is 2.80. The van der Waals surface area contributed by atoms with Gasteiger partial charge in [0.15, 0.2) is 0 Å². The van der Waals surface area contributed by atoms with E-state index in [1.807, 2.05) is 12.3 Å². The highest BCUT2D eigenvalue weighted by molar-refractivity contribution is 5.04. The second kappa shape index (κ2) is 6.12. The predicted molar refractivity (Wildman–Crippen MR) is 70.8 cm³/mol. The van der Waals surface area contributed by atoms with Crippen molar-refractivity contribution in [2.45, 2.75) is 32.2 Å². The zero-order chi connectivity index (χ0) is 12.1. The second-order valence-corrected chi connectivity index (χ2v) is 5.03. The minimum atomic E-state index is 0.562. The average Bonchev–Trinajstić information content (AvgIpc) is 2.37. The van der Waals surface area contributed by atoms with Gasteiger partial charge in [-0.05, 0) is 37.4 Å². The molecule has 1 aliphatic rings. The van der Waals surface area contributed by atoms with Gasteiger partial charge in [0.25, 0.3) is 0 Å². The third kappa shape index (κ3) is 3.27. The first kappa shape index (κ1) is 12.5. The number of rotatable bonds is 4. The van der Waals surface area contributed by atoms with E-state index < -0.39 is 0 Å². The molecule has 1 aromatic rings. The van der Waals surface area contributed by atoms with Crippen molar-refractivity contribution in [1.82, 2.24) is 9.88 Å². The smallest absolute Gasteiger partial charge is 0.0416 e. The highest BCUT2D eigenvalue weighted by Crippen LogP contribution is 2.22. The van der Waals surface area contributed by atoms with Crippen LogP contribution in [0.15, 0.2) is 24.4 Å². The van der Waals surface area contributed by atoms with Crippen LogP contribution in [0, 0.1) is 5.92 Å². The maximum atomic E-state index is 5.90. The molecule has 17 heavy (non-hydrogen) atoms. The standard InChI is InChI=1S/C14H23N3/c1-12-5-4-9-17(14(12)11-15)10-7-13-6-2-3-8-16-13/h2-3,6,8,12,14H,4-5,7,9-11,15H2,1H3. The van der Waals surface area contributed by atoms with Crippen LogP contribution in [0.3, 0.4) is 0 Å². The van der Waals surface area contributed by atoms with Gasteiger partial charge in [0.05, 0.1) is 0 Å². The summed E-state index contributed by atoms with van der Waals surface area (Å²) in [6.45, 7) is 5.39. The van der Waals surface area contributed by atoms with E-state index in [1.54, 1.807) is 0 Å². The van der Waals surface area contributed by atoms with E-state index in [2.05, 4.69) is 28.9 Å². The van der Waals surface area contributed by atoms with Crippen LogP contribution < -0.4 is 5.73 Å². The molecule has 3 nitrogen and oxygen atoms in total. The normalized spacial score (nSPS) is 26.0. The highest BCUT2D eigenvalue weighted by Gasteiger charge is 2.26. The molecule has 94 valence electrons. The predicted octanol–water partition coefficient (Wildman–Crippen LogP) is 1.68. The van der Waals surface area contributed by atoms with Crippen LogP contribution in [0.1, 0.15) is 25.5 Å². The minimum Gasteiger partial charge on any atom is -0.329 e. The van der Waals surface area contributed by atoms with Crippen LogP contribution in [0.5, 0.6) is 0 Å². The summed E-state index contributed by atoms with van der Waals surface area (Å²) in [4.78, 5) is 6.92. The second-order valence-electron chi connectivity index (χ2n) is 5.03. The van der Waals surface area contributed by atoms with Crippen molar-refractivity contribution in [3.8, 4) is 0 Å². The molecule has 1 aliphatic heterocycles. The molecule has 2 atom stereocenters. The summed E-state index contributed by atoms with van der Waals surface area (Å²) in [6, 6.07) is 6.69. The van der Waals surface area contributed by atoms with Crippen molar-refractivity contribution in [3.05, 3.63) is 30.1 Å². The van der Waals surface area contributed by atoms with Crippen molar-refractivity contribution in [3.63, 3.8) is 0 Å². The molecule has 0 aromatic carbocycles. The number of likely N-dealkylation sites (tertiary alicyclic amines) is 1. The van der Waals surface area contributed by atoms with E-state index >= 15 is 0 Å². The highest BCUT2D eigenvalue weighted by atomic mass is 15.2. The zero-order valence-corrected chi connectivity index (χ0v) is 10.7. The molecule has 1 aromatic heterocycles. The Morgan fingerprint density at radius 1 is 1.47 bits per heavy atom. The molecule has 2 rings (SSSR count). The van der Waals surface area contributed by atoms with Gasteiger partial charge >= 0.3 is 0 Å². The molecular formula is C14H23N3. The van der Waals surface area contributed by atoms with E-state index in [0.29, 0.717) is 6.04 Å². The molecule has 0 bridgehead atoms. The van der Waals surface area contributed by atoms with Crippen LogP contribution in [0.4, 0.5) is 0 Å². The molecule has 0 saturated carbocycles. The number of hydrogen-bond donors (Lipinski definition) is 1. The lowest BCUT2D eigenvalue weighted by Crippen LogP contribution is -2.49. The van der Waals surface area contributed by atoms with Crippen molar-refractivity contribution >= 4 is 0 Å². The first-order valence-corrected chi connectivity index (χ1v) is 6.65. The van der Waals surface area contributed by atoms with E-state index in [4.69, 9.17) is 5.73 Å². The Bertz CT molecular complexity index is 325. The first-order chi connectivity index (χ1) is 8.31. The number of nitrogens with zero attached hydrogens (tertiary/aromatic N) is 2.